The van der Waals surface area contributed by atoms with E-state index < -0.39 is 11.6 Å². The van der Waals surface area contributed by atoms with E-state index in [9.17, 15) is 9.59 Å². The molecule has 0 bridgehead atoms. The smallest absolute Gasteiger partial charge is 0.319 e. The third-order valence-electron chi connectivity index (χ3n) is 3.03. The van der Waals surface area contributed by atoms with E-state index in [2.05, 4.69) is 15.6 Å². The summed E-state index contributed by atoms with van der Waals surface area (Å²) in [6, 6.07) is 3.21. The number of nitrogens with zero attached hydrogens (tertiary/aromatic N) is 1. The molecule has 5 heteroatoms. The zero-order valence-corrected chi connectivity index (χ0v) is 7.91. The number of nitrogens with one attached hydrogen (secondary N) is 2. The number of urea groups is 1. The Kier molecular flexibility index (Phi) is 1.44. The lowest BCUT2D eigenvalue weighted by atomic mass is 9.93. The molecule has 0 saturated carbocycles. The molecule has 1 fully saturated rings. The lowest BCUT2D eigenvalue weighted by Crippen LogP contribution is -2.41. The molecule has 2 heterocycles. The Balaban J connectivity index is 2.17. The maximum atomic E-state index is 11.7. The maximum absolute atomic E-state index is 11.7. The van der Waals surface area contributed by atoms with Crippen LogP contribution in [0.1, 0.15) is 17.7 Å². The van der Waals surface area contributed by atoms with Crippen molar-refractivity contribution in [3.63, 3.8) is 0 Å². The number of rotatable bonds is 0. The maximum Gasteiger partial charge on any atom is 0.322 e. The monoisotopic (exact) mass is 203 g/mol. The fourth-order valence-corrected chi connectivity index (χ4v) is 2.32. The summed E-state index contributed by atoms with van der Waals surface area (Å²) in [6.45, 7) is 0. The molecule has 15 heavy (non-hydrogen) atoms. The molecule has 1 aliphatic heterocycles. The summed E-state index contributed by atoms with van der Waals surface area (Å²) < 4.78 is 0. The van der Waals surface area contributed by atoms with Crippen LogP contribution in [0.25, 0.3) is 0 Å². The normalized spacial score (nSPS) is 27.7. The number of fused-ring (bicyclic) bond motifs is 2. The highest BCUT2D eigenvalue weighted by Crippen LogP contribution is 2.37. The Hall–Kier alpha value is -1.91. The highest BCUT2D eigenvalue weighted by molar-refractivity contribution is 6.07. The van der Waals surface area contributed by atoms with E-state index in [1.807, 2.05) is 6.07 Å². The van der Waals surface area contributed by atoms with Crippen LogP contribution in [0.5, 0.6) is 0 Å². The van der Waals surface area contributed by atoms with E-state index >= 15 is 0 Å². The quantitative estimate of drug-likeness (QED) is 0.586. The van der Waals surface area contributed by atoms with E-state index in [1.165, 1.54) is 0 Å². The molecule has 0 aromatic carbocycles. The van der Waals surface area contributed by atoms with Gasteiger partial charge in [0.05, 0.1) is 0 Å². The number of imide groups is 1. The number of aromatic nitrogens is 1. The summed E-state index contributed by atoms with van der Waals surface area (Å²) in [4.78, 5) is 27.1. The van der Waals surface area contributed by atoms with E-state index in [-0.39, 0.29) is 5.91 Å². The summed E-state index contributed by atoms with van der Waals surface area (Å²) >= 11 is 0. The highest BCUT2D eigenvalue weighted by atomic mass is 16.2. The molecule has 5 nitrogen and oxygen atoms in total. The largest absolute Gasteiger partial charge is 0.322 e. The number of carbonyl (C=O) groups excluding carboxylic acids is 2. The molecule has 2 N–H and O–H groups in total. The van der Waals surface area contributed by atoms with Crippen molar-refractivity contribution >= 4 is 11.9 Å². The van der Waals surface area contributed by atoms with E-state index in [0.29, 0.717) is 6.42 Å². The number of aryl methyl sites for hydroxylation is 1. The molecular weight excluding hydrogens is 194 g/mol. The first kappa shape index (κ1) is 8.40. The van der Waals surface area contributed by atoms with E-state index in [4.69, 9.17) is 0 Å². The second kappa shape index (κ2) is 2.56. The number of carbonyl (C=O) groups is 2. The molecule has 1 aliphatic carbocycles. The zero-order chi connectivity index (χ0) is 10.5. The minimum Gasteiger partial charge on any atom is -0.319 e. The Morgan fingerprint density at radius 3 is 3.00 bits per heavy atom. The third kappa shape index (κ3) is 0.945. The van der Waals surface area contributed by atoms with Gasteiger partial charge in [0.1, 0.15) is 5.54 Å². The van der Waals surface area contributed by atoms with Gasteiger partial charge in [-0.1, -0.05) is 6.07 Å². The number of amides is 3. The van der Waals surface area contributed by atoms with Gasteiger partial charge in [-0.05, 0) is 18.9 Å². The molecule has 3 amide bonds. The van der Waals surface area contributed by atoms with Gasteiger partial charge in [0.25, 0.3) is 5.91 Å². The van der Waals surface area contributed by atoms with Gasteiger partial charge in [-0.25, -0.2) is 4.79 Å². The average Bonchev–Trinajstić information content (AvgIpc) is 2.72. The standard InChI is InChI=1S/C10H9N3O2/c14-8-10(13-9(15)12-8)4-3-7-6(10)2-1-5-11-7/h1-2,5H,3-4H2,(H2,12,13,14,15)/t10-/m1/s1. The van der Waals surface area contributed by atoms with Crippen molar-refractivity contribution in [2.45, 2.75) is 18.4 Å². The van der Waals surface area contributed by atoms with Crippen molar-refractivity contribution in [3.05, 3.63) is 29.6 Å². The van der Waals surface area contributed by atoms with Crippen molar-refractivity contribution in [3.8, 4) is 0 Å². The van der Waals surface area contributed by atoms with Crippen LogP contribution in [-0.2, 0) is 16.8 Å². The SMILES string of the molecule is O=C1NC(=O)[C@]2(CCc3ncccc32)N1. The molecule has 2 aliphatic rings. The molecule has 1 spiro atoms. The Bertz CT molecular complexity index is 471. The van der Waals surface area contributed by atoms with E-state index in [0.717, 1.165) is 17.7 Å². The van der Waals surface area contributed by atoms with E-state index in [1.54, 1.807) is 12.3 Å². The Morgan fingerprint density at radius 2 is 2.27 bits per heavy atom. The lowest BCUT2D eigenvalue weighted by Gasteiger charge is -2.20. The fraction of sp³-hybridized carbons (Fsp3) is 0.300. The van der Waals surface area contributed by atoms with Gasteiger partial charge < -0.3 is 5.32 Å². The van der Waals surface area contributed by atoms with Crippen LogP contribution >= 0.6 is 0 Å². The van der Waals surface area contributed by atoms with Crippen LogP contribution in [0.2, 0.25) is 0 Å². The predicted octanol–water partition coefficient (Wildman–Crippen LogP) is 0.0625. The highest BCUT2D eigenvalue weighted by Gasteiger charge is 2.51. The molecule has 0 unspecified atom stereocenters. The summed E-state index contributed by atoms with van der Waals surface area (Å²) in [5, 5.41) is 4.97. The van der Waals surface area contributed by atoms with Crippen molar-refractivity contribution in [2.75, 3.05) is 0 Å². The topological polar surface area (TPSA) is 71.1 Å². The summed E-state index contributed by atoms with van der Waals surface area (Å²) in [5.74, 6) is -0.265. The molecule has 0 radical (unpaired) electrons. The summed E-state index contributed by atoms with van der Waals surface area (Å²) in [5.41, 5.74) is 0.865. The van der Waals surface area contributed by atoms with Gasteiger partial charge in [-0.2, -0.15) is 0 Å². The van der Waals surface area contributed by atoms with Crippen LogP contribution in [0.4, 0.5) is 4.79 Å². The second-order valence-electron chi connectivity index (χ2n) is 3.81. The van der Waals surface area contributed by atoms with Gasteiger partial charge in [-0.15, -0.1) is 0 Å². The van der Waals surface area contributed by atoms with Crippen LogP contribution in [0, 0.1) is 0 Å². The number of pyridine rings is 1. The molecule has 1 atom stereocenters. The van der Waals surface area contributed by atoms with Gasteiger partial charge >= 0.3 is 6.03 Å². The van der Waals surface area contributed by atoms with Crippen molar-refractivity contribution in [2.24, 2.45) is 0 Å². The summed E-state index contributed by atoms with van der Waals surface area (Å²) in [6.07, 6.45) is 3.02. The molecule has 76 valence electrons. The Morgan fingerprint density at radius 1 is 1.40 bits per heavy atom. The minimum absolute atomic E-state index is 0.265. The van der Waals surface area contributed by atoms with Gasteiger partial charge in [-0.3, -0.25) is 15.1 Å². The van der Waals surface area contributed by atoms with Gasteiger partial charge in [0.2, 0.25) is 0 Å². The number of hydrogen-bond acceptors (Lipinski definition) is 3. The first-order chi connectivity index (χ1) is 7.22. The predicted molar refractivity (Wildman–Crippen MR) is 50.9 cm³/mol. The second-order valence-corrected chi connectivity index (χ2v) is 3.81. The van der Waals surface area contributed by atoms with Crippen LogP contribution in [-0.4, -0.2) is 16.9 Å². The molecule has 1 saturated heterocycles. The molecule has 1 aromatic rings. The first-order valence-corrected chi connectivity index (χ1v) is 4.80. The van der Waals surface area contributed by atoms with Crippen LogP contribution < -0.4 is 10.6 Å². The molecule has 3 rings (SSSR count). The van der Waals surface area contributed by atoms with Crippen molar-refractivity contribution < 1.29 is 9.59 Å². The third-order valence-corrected chi connectivity index (χ3v) is 3.03. The molecule has 1 aromatic heterocycles. The van der Waals surface area contributed by atoms with Crippen molar-refractivity contribution in [1.82, 2.24) is 15.6 Å². The van der Waals surface area contributed by atoms with Crippen LogP contribution in [0.15, 0.2) is 18.3 Å². The first-order valence-electron chi connectivity index (χ1n) is 4.80. The average molecular weight is 203 g/mol. The molecular formula is C10H9N3O2. The number of hydrogen-bond donors (Lipinski definition) is 2. The zero-order valence-electron chi connectivity index (χ0n) is 7.91. The summed E-state index contributed by atoms with van der Waals surface area (Å²) in [7, 11) is 0. The van der Waals surface area contributed by atoms with Crippen LogP contribution in [0.3, 0.4) is 0 Å². The fourth-order valence-electron chi connectivity index (χ4n) is 2.32. The minimum atomic E-state index is -0.860. The van der Waals surface area contributed by atoms with Crippen molar-refractivity contribution in [1.29, 1.82) is 0 Å². The van der Waals surface area contributed by atoms with Gasteiger partial charge in [0, 0.05) is 17.5 Å². The lowest BCUT2D eigenvalue weighted by molar-refractivity contribution is -0.124. The Labute approximate surface area is 85.9 Å². The van der Waals surface area contributed by atoms with Gasteiger partial charge in [0.15, 0.2) is 0 Å².